The summed E-state index contributed by atoms with van der Waals surface area (Å²) in [5, 5.41) is 0.672. The van der Waals surface area contributed by atoms with Crippen molar-refractivity contribution in [2.24, 2.45) is 11.7 Å². The standard InChI is InChI=1S/C16H27NS/c1-11(2)13(5)18-10-16(17)15-8-6-14(7-9-15)12(3)4/h6-9,11-13,16H,10,17H2,1-5H3. The van der Waals surface area contributed by atoms with Crippen molar-refractivity contribution in [1.82, 2.24) is 0 Å². The third-order valence-corrected chi connectivity index (χ3v) is 5.13. The van der Waals surface area contributed by atoms with Crippen LogP contribution in [0.15, 0.2) is 24.3 Å². The first-order chi connectivity index (χ1) is 8.41. The van der Waals surface area contributed by atoms with Crippen LogP contribution in [0.4, 0.5) is 0 Å². The molecule has 102 valence electrons. The van der Waals surface area contributed by atoms with Gasteiger partial charge in [0.2, 0.25) is 0 Å². The molecule has 0 heterocycles. The first-order valence-electron chi connectivity index (χ1n) is 6.88. The van der Waals surface area contributed by atoms with Crippen LogP contribution in [0.3, 0.4) is 0 Å². The van der Waals surface area contributed by atoms with Gasteiger partial charge in [-0.2, -0.15) is 11.8 Å². The quantitative estimate of drug-likeness (QED) is 0.814. The third-order valence-electron chi connectivity index (χ3n) is 3.51. The summed E-state index contributed by atoms with van der Waals surface area (Å²) in [6.45, 7) is 11.2. The van der Waals surface area contributed by atoms with Crippen molar-refractivity contribution in [3.05, 3.63) is 35.4 Å². The van der Waals surface area contributed by atoms with E-state index in [2.05, 4.69) is 58.9 Å². The zero-order valence-corrected chi connectivity index (χ0v) is 13.1. The number of benzene rings is 1. The van der Waals surface area contributed by atoms with E-state index in [1.165, 1.54) is 11.1 Å². The molecule has 0 saturated carbocycles. The molecule has 0 aliphatic heterocycles. The fourth-order valence-electron chi connectivity index (χ4n) is 1.67. The molecule has 0 aliphatic rings. The summed E-state index contributed by atoms with van der Waals surface area (Å²) in [4.78, 5) is 0. The molecule has 1 aromatic carbocycles. The monoisotopic (exact) mass is 265 g/mol. The van der Waals surface area contributed by atoms with Gasteiger partial charge in [-0.3, -0.25) is 0 Å². The summed E-state index contributed by atoms with van der Waals surface area (Å²) in [7, 11) is 0. The second kappa shape index (κ2) is 7.20. The Hall–Kier alpha value is -0.470. The molecule has 0 spiro atoms. The van der Waals surface area contributed by atoms with Gasteiger partial charge in [-0.05, 0) is 23.0 Å². The van der Waals surface area contributed by atoms with E-state index in [0.717, 1.165) is 5.75 Å². The van der Waals surface area contributed by atoms with E-state index in [4.69, 9.17) is 5.73 Å². The number of hydrogen-bond acceptors (Lipinski definition) is 2. The first-order valence-corrected chi connectivity index (χ1v) is 7.93. The fraction of sp³-hybridized carbons (Fsp3) is 0.625. The minimum Gasteiger partial charge on any atom is -0.323 e. The third kappa shape index (κ3) is 4.66. The molecule has 0 aliphatic carbocycles. The van der Waals surface area contributed by atoms with Gasteiger partial charge in [0.1, 0.15) is 0 Å². The molecule has 2 N–H and O–H groups in total. The topological polar surface area (TPSA) is 26.0 Å². The predicted molar refractivity (Wildman–Crippen MR) is 84.2 cm³/mol. The lowest BCUT2D eigenvalue weighted by molar-refractivity contribution is 0.640. The van der Waals surface area contributed by atoms with Gasteiger partial charge in [0, 0.05) is 17.0 Å². The van der Waals surface area contributed by atoms with Gasteiger partial charge in [-0.25, -0.2) is 0 Å². The van der Waals surface area contributed by atoms with E-state index in [-0.39, 0.29) is 6.04 Å². The Labute approximate surface area is 117 Å². The van der Waals surface area contributed by atoms with Crippen LogP contribution in [0, 0.1) is 5.92 Å². The van der Waals surface area contributed by atoms with Gasteiger partial charge < -0.3 is 5.73 Å². The van der Waals surface area contributed by atoms with Crippen molar-refractivity contribution in [2.75, 3.05) is 5.75 Å². The average molecular weight is 265 g/mol. The highest BCUT2D eigenvalue weighted by atomic mass is 32.2. The van der Waals surface area contributed by atoms with Crippen molar-refractivity contribution in [2.45, 2.75) is 51.8 Å². The summed E-state index contributed by atoms with van der Waals surface area (Å²) in [5.74, 6) is 2.30. The molecule has 1 aromatic rings. The molecule has 1 nitrogen and oxygen atoms in total. The Morgan fingerprint density at radius 1 is 0.944 bits per heavy atom. The SMILES string of the molecule is CC(C)c1ccc(C(N)CSC(C)C(C)C)cc1. The number of rotatable bonds is 6. The van der Waals surface area contributed by atoms with Crippen LogP contribution in [0.25, 0.3) is 0 Å². The van der Waals surface area contributed by atoms with Crippen LogP contribution in [0.5, 0.6) is 0 Å². The lowest BCUT2D eigenvalue weighted by atomic mass is 10.00. The molecular weight excluding hydrogens is 238 g/mol. The Balaban J connectivity index is 2.54. The fourth-order valence-corrected chi connectivity index (χ4v) is 2.76. The molecule has 0 saturated heterocycles. The minimum absolute atomic E-state index is 0.150. The minimum atomic E-state index is 0.150. The van der Waals surface area contributed by atoms with Crippen LogP contribution in [0.1, 0.15) is 57.7 Å². The highest BCUT2D eigenvalue weighted by Gasteiger charge is 2.12. The molecule has 0 bridgehead atoms. The van der Waals surface area contributed by atoms with Gasteiger partial charge in [0.25, 0.3) is 0 Å². The average Bonchev–Trinajstić information content (AvgIpc) is 2.35. The summed E-state index contributed by atoms with van der Waals surface area (Å²) < 4.78 is 0. The van der Waals surface area contributed by atoms with Crippen molar-refractivity contribution < 1.29 is 0 Å². The molecule has 0 fully saturated rings. The maximum Gasteiger partial charge on any atom is 0.0386 e. The van der Waals surface area contributed by atoms with Gasteiger partial charge in [-0.15, -0.1) is 0 Å². The molecule has 0 radical (unpaired) electrons. The second-order valence-corrected chi connectivity index (χ2v) is 7.12. The van der Waals surface area contributed by atoms with E-state index in [1.54, 1.807) is 0 Å². The predicted octanol–water partition coefficient (Wildman–Crippen LogP) is 4.59. The highest BCUT2D eigenvalue weighted by Crippen LogP contribution is 2.24. The van der Waals surface area contributed by atoms with Crippen molar-refractivity contribution in [1.29, 1.82) is 0 Å². The maximum atomic E-state index is 6.25. The second-order valence-electron chi connectivity index (χ2n) is 5.71. The van der Waals surface area contributed by atoms with Crippen LogP contribution >= 0.6 is 11.8 Å². The normalized spacial score (nSPS) is 15.1. The molecule has 0 aromatic heterocycles. The van der Waals surface area contributed by atoms with Gasteiger partial charge in [0.05, 0.1) is 0 Å². The van der Waals surface area contributed by atoms with E-state index >= 15 is 0 Å². The van der Waals surface area contributed by atoms with Gasteiger partial charge >= 0.3 is 0 Å². The Morgan fingerprint density at radius 3 is 1.89 bits per heavy atom. The van der Waals surface area contributed by atoms with E-state index in [9.17, 15) is 0 Å². The zero-order valence-electron chi connectivity index (χ0n) is 12.3. The van der Waals surface area contributed by atoms with Crippen molar-refractivity contribution in [3.8, 4) is 0 Å². The molecule has 1 rings (SSSR count). The van der Waals surface area contributed by atoms with Crippen LogP contribution in [0.2, 0.25) is 0 Å². The number of hydrogen-bond donors (Lipinski definition) is 1. The molecule has 2 heteroatoms. The Bertz CT molecular complexity index is 343. The van der Waals surface area contributed by atoms with Crippen LogP contribution in [-0.4, -0.2) is 11.0 Å². The van der Waals surface area contributed by atoms with E-state index < -0.39 is 0 Å². The highest BCUT2D eigenvalue weighted by molar-refractivity contribution is 7.99. The summed E-state index contributed by atoms with van der Waals surface area (Å²) in [5.41, 5.74) is 8.88. The molecule has 0 amide bonds. The van der Waals surface area contributed by atoms with Crippen LogP contribution < -0.4 is 5.73 Å². The smallest absolute Gasteiger partial charge is 0.0386 e. The van der Waals surface area contributed by atoms with Gasteiger partial charge in [0.15, 0.2) is 0 Å². The summed E-state index contributed by atoms with van der Waals surface area (Å²) in [6.07, 6.45) is 0. The van der Waals surface area contributed by atoms with E-state index in [0.29, 0.717) is 17.1 Å². The molecule has 18 heavy (non-hydrogen) atoms. The summed E-state index contributed by atoms with van der Waals surface area (Å²) >= 11 is 1.97. The zero-order chi connectivity index (χ0) is 13.7. The van der Waals surface area contributed by atoms with E-state index in [1.807, 2.05) is 11.8 Å². The van der Waals surface area contributed by atoms with Crippen molar-refractivity contribution >= 4 is 11.8 Å². The number of nitrogens with two attached hydrogens (primary N) is 1. The Morgan fingerprint density at radius 2 is 1.44 bits per heavy atom. The lowest BCUT2D eigenvalue weighted by Crippen LogP contribution is -2.16. The molecule has 2 atom stereocenters. The largest absolute Gasteiger partial charge is 0.323 e. The van der Waals surface area contributed by atoms with Gasteiger partial charge in [-0.1, -0.05) is 58.9 Å². The first kappa shape index (κ1) is 15.6. The van der Waals surface area contributed by atoms with Crippen molar-refractivity contribution in [3.63, 3.8) is 0 Å². The molecular formula is C16H27NS. The maximum absolute atomic E-state index is 6.25. The summed E-state index contributed by atoms with van der Waals surface area (Å²) in [6, 6.07) is 8.92. The lowest BCUT2D eigenvalue weighted by Gasteiger charge is -2.18. The molecule has 2 unspecified atom stereocenters. The number of thioether (sulfide) groups is 1. The van der Waals surface area contributed by atoms with Crippen LogP contribution in [-0.2, 0) is 0 Å². The Kier molecular flexibility index (Phi) is 6.24.